The summed E-state index contributed by atoms with van der Waals surface area (Å²) in [6.45, 7) is 6.39. The van der Waals surface area contributed by atoms with Crippen molar-refractivity contribution in [2.45, 2.75) is 57.6 Å². The van der Waals surface area contributed by atoms with Crippen molar-refractivity contribution in [1.29, 1.82) is 0 Å². The smallest absolute Gasteiger partial charge is 0.0651 e. The second-order valence-electron chi connectivity index (χ2n) is 6.11. The number of nitrogens with two attached hydrogens (primary N) is 1. The Morgan fingerprint density at radius 2 is 1.89 bits per heavy atom. The first kappa shape index (κ1) is 15.0. The van der Waals surface area contributed by atoms with Crippen molar-refractivity contribution >= 4 is 0 Å². The molecular weight excluding hydrogens is 236 g/mol. The first-order chi connectivity index (χ1) is 9.29. The zero-order valence-corrected chi connectivity index (χ0v) is 12.4. The molecule has 0 unspecified atom stereocenters. The maximum absolute atomic E-state index is 6.25. The fourth-order valence-electron chi connectivity index (χ4n) is 3.34. The Balaban J connectivity index is 1.65. The van der Waals surface area contributed by atoms with Crippen molar-refractivity contribution in [3.05, 3.63) is 12.2 Å². The number of allylic oxidation sites excluding steroid dienone is 1. The van der Waals surface area contributed by atoms with Crippen LogP contribution in [0.1, 0.15) is 45.4 Å². The highest BCUT2D eigenvalue weighted by atomic mass is 16.5. The van der Waals surface area contributed by atoms with Crippen molar-refractivity contribution < 1.29 is 4.74 Å². The van der Waals surface area contributed by atoms with Gasteiger partial charge in [-0.25, -0.2) is 0 Å². The van der Waals surface area contributed by atoms with Crippen LogP contribution in [0.25, 0.3) is 0 Å². The van der Waals surface area contributed by atoms with Crippen molar-refractivity contribution in [3.63, 3.8) is 0 Å². The second-order valence-corrected chi connectivity index (χ2v) is 6.11. The van der Waals surface area contributed by atoms with Gasteiger partial charge >= 0.3 is 0 Å². The lowest BCUT2D eigenvalue weighted by Gasteiger charge is -2.37. The van der Waals surface area contributed by atoms with E-state index in [1.54, 1.807) is 0 Å². The van der Waals surface area contributed by atoms with Gasteiger partial charge in [-0.1, -0.05) is 25.0 Å². The molecular formula is C16H30N2O. The number of nitrogens with zero attached hydrogens (tertiary/aromatic N) is 1. The van der Waals surface area contributed by atoms with Gasteiger partial charge in [0.2, 0.25) is 0 Å². The van der Waals surface area contributed by atoms with Crippen molar-refractivity contribution in [3.8, 4) is 0 Å². The SMILES string of the molecule is C/C=C/COC1CCN(C[C@@H]2CCCC[C@H]2N)CC1. The van der Waals surface area contributed by atoms with Gasteiger partial charge in [-0.3, -0.25) is 0 Å². The summed E-state index contributed by atoms with van der Waals surface area (Å²) < 4.78 is 5.84. The van der Waals surface area contributed by atoms with E-state index >= 15 is 0 Å². The molecule has 0 aromatic rings. The Morgan fingerprint density at radius 3 is 2.58 bits per heavy atom. The number of ether oxygens (including phenoxy) is 1. The molecule has 1 saturated carbocycles. The molecule has 0 radical (unpaired) electrons. The number of rotatable bonds is 5. The molecule has 0 amide bonds. The number of hydrogen-bond acceptors (Lipinski definition) is 3. The Morgan fingerprint density at radius 1 is 1.16 bits per heavy atom. The average Bonchev–Trinajstić information content (AvgIpc) is 2.44. The molecule has 3 nitrogen and oxygen atoms in total. The van der Waals surface area contributed by atoms with Crippen molar-refractivity contribution in [1.82, 2.24) is 4.90 Å². The van der Waals surface area contributed by atoms with Gasteiger partial charge in [-0.2, -0.15) is 0 Å². The molecule has 0 aromatic heterocycles. The van der Waals surface area contributed by atoms with Gasteiger partial charge in [0.25, 0.3) is 0 Å². The second kappa shape index (κ2) is 8.03. The number of likely N-dealkylation sites (tertiary alicyclic amines) is 1. The van der Waals surface area contributed by atoms with Crippen LogP contribution >= 0.6 is 0 Å². The Hall–Kier alpha value is -0.380. The fraction of sp³-hybridized carbons (Fsp3) is 0.875. The summed E-state index contributed by atoms with van der Waals surface area (Å²) in [6.07, 6.45) is 12.2. The van der Waals surface area contributed by atoms with Crippen LogP contribution in [-0.2, 0) is 4.74 Å². The number of hydrogen-bond donors (Lipinski definition) is 1. The fourth-order valence-corrected chi connectivity index (χ4v) is 3.34. The van der Waals surface area contributed by atoms with E-state index in [1.807, 2.05) is 6.92 Å². The van der Waals surface area contributed by atoms with Gasteiger partial charge in [0.1, 0.15) is 0 Å². The van der Waals surface area contributed by atoms with Gasteiger partial charge in [-0.15, -0.1) is 0 Å². The molecule has 19 heavy (non-hydrogen) atoms. The molecule has 0 bridgehead atoms. The predicted octanol–water partition coefficient (Wildman–Crippen LogP) is 2.56. The van der Waals surface area contributed by atoms with E-state index in [1.165, 1.54) is 58.2 Å². The number of piperidine rings is 1. The third-order valence-electron chi connectivity index (χ3n) is 4.66. The van der Waals surface area contributed by atoms with Crippen LogP contribution in [0.4, 0.5) is 0 Å². The topological polar surface area (TPSA) is 38.5 Å². The third-order valence-corrected chi connectivity index (χ3v) is 4.66. The van der Waals surface area contributed by atoms with Crippen LogP contribution in [0.5, 0.6) is 0 Å². The Labute approximate surface area is 118 Å². The lowest BCUT2D eigenvalue weighted by Crippen LogP contribution is -2.45. The molecule has 1 heterocycles. The molecule has 0 spiro atoms. The highest BCUT2D eigenvalue weighted by Gasteiger charge is 2.26. The minimum atomic E-state index is 0.442. The maximum atomic E-state index is 6.25. The van der Waals surface area contributed by atoms with E-state index < -0.39 is 0 Å². The van der Waals surface area contributed by atoms with Gasteiger partial charge in [-0.05, 0) is 38.5 Å². The summed E-state index contributed by atoms with van der Waals surface area (Å²) >= 11 is 0. The predicted molar refractivity (Wildman–Crippen MR) is 80.2 cm³/mol. The monoisotopic (exact) mass is 266 g/mol. The molecule has 1 aliphatic carbocycles. The Bertz CT molecular complexity index is 272. The molecule has 110 valence electrons. The highest BCUT2D eigenvalue weighted by molar-refractivity contribution is 4.83. The lowest BCUT2D eigenvalue weighted by molar-refractivity contribution is 0.0161. The molecule has 1 aliphatic heterocycles. The van der Waals surface area contributed by atoms with Crippen LogP contribution < -0.4 is 5.73 Å². The Kier molecular flexibility index (Phi) is 6.35. The maximum Gasteiger partial charge on any atom is 0.0651 e. The summed E-state index contributed by atoms with van der Waals surface area (Å²) in [5.41, 5.74) is 6.25. The first-order valence-electron chi connectivity index (χ1n) is 8.00. The largest absolute Gasteiger partial charge is 0.374 e. The van der Waals surface area contributed by atoms with Crippen molar-refractivity contribution in [2.24, 2.45) is 11.7 Å². The van der Waals surface area contributed by atoms with Gasteiger partial charge in [0.05, 0.1) is 12.7 Å². The standard InChI is InChI=1S/C16H30N2O/c1-2-3-12-19-15-8-10-18(11-9-15)13-14-6-4-5-7-16(14)17/h2-3,14-16H,4-13,17H2,1H3/b3-2+/t14-,16+/m0/s1. The normalized spacial score (nSPS) is 31.1. The molecule has 2 rings (SSSR count). The third kappa shape index (κ3) is 4.90. The van der Waals surface area contributed by atoms with E-state index in [0.29, 0.717) is 12.1 Å². The van der Waals surface area contributed by atoms with Crippen LogP contribution in [0, 0.1) is 5.92 Å². The molecule has 2 aliphatic rings. The van der Waals surface area contributed by atoms with E-state index in [0.717, 1.165) is 12.5 Å². The summed E-state index contributed by atoms with van der Waals surface area (Å²) in [5, 5.41) is 0. The zero-order valence-electron chi connectivity index (χ0n) is 12.4. The molecule has 1 saturated heterocycles. The van der Waals surface area contributed by atoms with E-state index in [-0.39, 0.29) is 0 Å². The quantitative estimate of drug-likeness (QED) is 0.777. The van der Waals surface area contributed by atoms with Crippen LogP contribution in [0.3, 0.4) is 0 Å². The van der Waals surface area contributed by atoms with Crippen molar-refractivity contribution in [2.75, 3.05) is 26.2 Å². The highest BCUT2D eigenvalue weighted by Crippen LogP contribution is 2.25. The first-order valence-corrected chi connectivity index (χ1v) is 8.00. The van der Waals surface area contributed by atoms with Gasteiger partial charge in [0.15, 0.2) is 0 Å². The molecule has 2 atom stereocenters. The summed E-state index contributed by atoms with van der Waals surface area (Å²) in [4.78, 5) is 2.60. The van der Waals surface area contributed by atoms with Crippen LogP contribution in [0.15, 0.2) is 12.2 Å². The minimum Gasteiger partial charge on any atom is -0.374 e. The van der Waals surface area contributed by atoms with E-state index in [9.17, 15) is 0 Å². The minimum absolute atomic E-state index is 0.442. The van der Waals surface area contributed by atoms with Gasteiger partial charge in [0, 0.05) is 25.7 Å². The molecule has 3 heteroatoms. The summed E-state index contributed by atoms with van der Waals surface area (Å²) in [6, 6.07) is 0.442. The van der Waals surface area contributed by atoms with Gasteiger partial charge < -0.3 is 15.4 Å². The molecule has 0 aromatic carbocycles. The van der Waals surface area contributed by atoms with Crippen LogP contribution in [0.2, 0.25) is 0 Å². The van der Waals surface area contributed by atoms with E-state index in [4.69, 9.17) is 10.5 Å². The lowest BCUT2D eigenvalue weighted by atomic mass is 9.84. The molecule has 2 fully saturated rings. The summed E-state index contributed by atoms with van der Waals surface area (Å²) in [5.74, 6) is 0.731. The van der Waals surface area contributed by atoms with E-state index in [2.05, 4.69) is 17.1 Å². The molecule has 2 N–H and O–H groups in total. The van der Waals surface area contributed by atoms with Crippen LogP contribution in [-0.4, -0.2) is 43.3 Å². The summed E-state index contributed by atoms with van der Waals surface area (Å²) in [7, 11) is 0. The zero-order chi connectivity index (χ0) is 13.5. The average molecular weight is 266 g/mol.